The van der Waals surface area contributed by atoms with Gasteiger partial charge in [0.2, 0.25) is 0 Å². The van der Waals surface area contributed by atoms with Crippen LogP contribution in [0.5, 0.6) is 0 Å². The Balaban J connectivity index is 2.83. The summed E-state index contributed by atoms with van der Waals surface area (Å²) in [7, 11) is 0. The molecule has 0 spiro atoms. The van der Waals surface area contributed by atoms with E-state index in [0.29, 0.717) is 6.61 Å². The Morgan fingerprint density at radius 3 is 2.44 bits per heavy atom. The van der Waals surface area contributed by atoms with Gasteiger partial charge in [-0.05, 0) is 43.0 Å². The molecular formula is C14H18O2. The molecule has 0 saturated carbocycles. The van der Waals surface area contributed by atoms with Crippen LogP contribution in [-0.4, -0.2) is 12.6 Å². The molecule has 0 aromatic heterocycles. The minimum Gasteiger partial charge on any atom is -0.461 e. The average molecular weight is 218 g/mol. The quantitative estimate of drug-likeness (QED) is 0.625. The van der Waals surface area contributed by atoms with Crippen molar-refractivity contribution in [3.63, 3.8) is 0 Å². The van der Waals surface area contributed by atoms with E-state index in [1.807, 2.05) is 6.92 Å². The number of aryl methyl sites for hydroxylation is 2. The first-order chi connectivity index (χ1) is 7.34. The second-order valence-corrected chi connectivity index (χ2v) is 5.35. The molecule has 1 aliphatic heterocycles. The van der Waals surface area contributed by atoms with E-state index in [2.05, 4.69) is 33.8 Å². The molecule has 1 aromatic rings. The van der Waals surface area contributed by atoms with Crippen LogP contribution >= 0.6 is 0 Å². The molecule has 1 aliphatic rings. The molecule has 0 saturated heterocycles. The van der Waals surface area contributed by atoms with Gasteiger partial charge in [-0.1, -0.05) is 19.9 Å². The molecular weight excluding hydrogens is 200 g/mol. The number of hydrogen-bond donors (Lipinski definition) is 0. The third kappa shape index (κ3) is 1.44. The highest BCUT2D eigenvalue weighted by Gasteiger charge is 2.36. The van der Waals surface area contributed by atoms with E-state index < -0.39 is 0 Å². The summed E-state index contributed by atoms with van der Waals surface area (Å²) in [5.74, 6) is -0.171. The average Bonchev–Trinajstić information content (AvgIpc) is 2.18. The maximum absolute atomic E-state index is 11.8. The van der Waals surface area contributed by atoms with Crippen LogP contribution in [0.2, 0.25) is 0 Å². The SMILES string of the molecule is Cc1cc(C)c2c(c1C)C(C)(C)COC2=O. The van der Waals surface area contributed by atoms with Gasteiger partial charge >= 0.3 is 5.97 Å². The highest BCUT2D eigenvalue weighted by Crippen LogP contribution is 2.37. The summed E-state index contributed by atoms with van der Waals surface area (Å²) in [6, 6.07) is 2.07. The maximum atomic E-state index is 11.8. The van der Waals surface area contributed by atoms with E-state index >= 15 is 0 Å². The van der Waals surface area contributed by atoms with Crippen LogP contribution < -0.4 is 0 Å². The normalized spacial score (nSPS) is 17.9. The predicted octanol–water partition coefficient (Wildman–Crippen LogP) is 3.06. The van der Waals surface area contributed by atoms with Crippen molar-refractivity contribution >= 4 is 5.97 Å². The molecule has 0 aliphatic carbocycles. The Labute approximate surface area is 96.6 Å². The number of esters is 1. The van der Waals surface area contributed by atoms with Crippen molar-refractivity contribution in [1.29, 1.82) is 0 Å². The second kappa shape index (κ2) is 3.34. The fourth-order valence-corrected chi connectivity index (χ4v) is 2.59. The fourth-order valence-electron chi connectivity index (χ4n) is 2.59. The van der Waals surface area contributed by atoms with Crippen molar-refractivity contribution < 1.29 is 9.53 Å². The van der Waals surface area contributed by atoms with E-state index in [1.54, 1.807) is 0 Å². The van der Waals surface area contributed by atoms with E-state index in [1.165, 1.54) is 16.7 Å². The topological polar surface area (TPSA) is 26.3 Å². The lowest BCUT2D eigenvalue weighted by Crippen LogP contribution is -2.35. The van der Waals surface area contributed by atoms with Gasteiger partial charge in [-0.3, -0.25) is 0 Å². The molecule has 2 nitrogen and oxygen atoms in total. The van der Waals surface area contributed by atoms with Gasteiger partial charge in [0.25, 0.3) is 0 Å². The number of cyclic esters (lactones) is 1. The minimum absolute atomic E-state index is 0.0793. The molecule has 2 heteroatoms. The number of carbonyl (C=O) groups excluding carboxylic acids is 1. The minimum atomic E-state index is -0.171. The highest BCUT2D eigenvalue weighted by atomic mass is 16.5. The Kier molecular flexibility index (Phi) is 2.33. The van der Waals surface area contributed by atoms with Gasteiger partial charge in [-0.25, -0.2) is 4.79 Å². The zero-order chi connectivity index (χ0) is 12.1. The number of rotatable bonds is 0. The molecule has 0 unspecified atom stereocenters. The Bertz CT molecular complexity index is 470. The molecule has 0 fully saturated rings. The van der Waals surface area contributed by atoms with Crippen LogP contribution in [0.3, 0.4) is 0 Å². The third-order valence-corrected chi connectivity index (χ3v) is 3.49. The van der Waals surface area contributed by atoms with Crippen molar-refractivity contribution in [2.45, 2.75) is 40.0 Å². The maximum Gasteiger partial charge on any atom is 0.338 e. The monoisotopic (exact) mass is 218 g/mol. The van der Waals surface area contributed by atoms with Crippen molar-refractivity contribution in [1.82, 2.24) is 0 Å². The van der Waals surface area contributed by atoms with Crippen molar-refractivity contribution in [2.24, 2.45) is 0 Å². The zero-order valence-electron chi connectivity index (χ0n) is 10.6. The van der Waals surface area contributed by atoms with Crippen LogP contribution in [0.25, 0.3) is 0 Å². The summed E-state index contributed by atoms with van der Waals surface area (Å²) in [5, 5.41) is 0. The number of ether oxygens (including phenoxy) is 1. The van der Waals surface area contributed by atoms with Gasteiger partial charge in [0, 0.05) is 5.41 Å². The van der Waals surface area contributed by atoms with Crippen LogP contribution in [-0.2, 0) is 10.2 Å². The molecule has 0 amide bonds. The first kappa shape index (κ1) is 11.2. The first-order valence-electron chi connectivity index (χ1n) is 5.63. The molecule has 0 atom stereocenters. The molecule has 16 heavy (non-hydrogen) atoms. The van der Waals surface area contributed by atoms with Crippen LogP contribution in [0, 0.1) is 20.8 Å². The summed E-state index contributed by atoms with van der Waals surface area (Å²) in [6.07, 6.45) is 0. The Morgan fingerprint density at radius 1 is 1.19 bits per heavy atom. The van der Waals surface area contributed by atoms with Crippen molar-refractivity contribution in [3.05, 3.63) is 33.9 Å². The first-order valence-corrected chi connectivity index (χ1v) is 5.63. The molecule has 0 radical (unpaired) electrons. The van der Waals surface area contributed by atoms with Crippen LogP contribution in [0.15, 0.2) is 6.07 Å². The van der Waals surface area contributed by atoms with Gasteiger partial charge < -0.3 is 4.74 Å². The van der Waals surface area contributed by atoms with Gasteiger partial charge in [0.1, 0.15) is 6.61 Å². The standard InChI is InChI=1S/C14H18O2/c1-8-6-9(2)11-12(10(8)3)14(4,5)7-16-13(11)15/h6H,7H2,1-5H3. The number of benzene rings is 1. The Morgan fingerprint density at radius 2 is 1.81 bits per heavy atom. The fraction of sp³-hybridized carbons (Fsp3) is 0.500. The van der Waals surface area contributed by atoms with Crippen molar-refractivity contribution in [3.8, 4) is 0 Å². The summed E-state index contributed by atoms with van der Waals surface area (Å²) < 4.78 is 5.26. The molecule has 1 heterocycles. The summed E-state index contributed by atoms with van der Waals surface area (Å²) in [4.78, 5) is 11.8. The number of fused-ring (bicyclic) bond motifs is 1. The van der Waals surface area contributed by atoms with Gasteiger partial charge in [-0.2, -0.15) is 0 Å². The summed E-state index contributed by atoms with van der Waals surface area (Å²) >= 11 is 0. The van der Waals surface area contributed by atoms with Crippen molar-refractivity contribution in [2.75, 3.05) is 6.61 Å². The molecule has 0 N–H and O–H groups in total. The lowest BCUT2D eigenvalue weighted by atomic mass is 9.76. The largest absolute Gasteiger partial charge is 0.461 e. The lowest BCUT2D eigenvalue weighted by Gasteiger charge is -2.34. The van der Waals surface area contributed by atoms with Crippen LogP contribution in [0.4, 0.5) is 0 Å². The van der Waals surface area contributed by atoms with E-state index in [-0.39, 0.29) is 11.4 Å². The smallest absolute Gasteiger partial charge is 0.338 e. The van der Waals surface area contributed by atoms with E-state index in [9.17, 15) is 4.79 Å². The molecule has 1 aromatic carbocycles. The van der Waals surface area contributed by atoms with E-state index in [4.69, 9.17) is 4.74 Å². The number of hydrogen-bond acceptors (Lipinski definition) is 2. The molecule has 86 valence electrons. The Hall–Kier alpha value is -1.31. The molecule has 2 rings (SSSR count). The summed E-state index contributed by atoms with van der Waals surface area (Å²) in [6.45, 7) is 10.9. The molecule has 0 bridgehead atoms. The second-order valence-electron chi connectivity index (χ2n) is 5.35. The lowest BCUT2D eigenvalue weighted by molar-refractivity contribution is 0.0371. The highest BCUT2D eigenvalue weighted by molar-refractivity contribution is 5.95. The van der Waals surface area contributed by atoms with E-state index in [0.717, 1.165) is 11.1 Å². The summed E-state index contributed by atoms with van der Waals surface area (Å²) in [5.41, 5.74) is 5.36. The van der Waals surface area contributed by atoms with Gasteiger partial charge in [0.05, 0.1) is 5.56 Å². The third-order valence-electron chi connectivity index (χ3n) is 3.49. The van der Waals surface area contributed by atoms with Crippen LogP contribution in [0.1, 0.15) is 46.5 Å². The van der Waals surface area contributed by atoms with Gasteiger partial charge in [0.15, 0.2) is 0 Å². The number of carbonyl (C=O) groups is 1. The predicted molar refractivity (Wildman–Crippen MR) is 64.0 cm³/mol. The van der Waals surface area contributed by atoms with Gasteiger partial charge in [-0.15, -0.1) is 0 Å². The zero-order valence-corrected chi connectivity index (χ0v) is 10.6.